The van der Waals surface area contributed by atoms with Crippen molar-refractivity contribution in [2.75, 3.05) is 26.2 Å². The highest BCUT2D eigenvalue weighted by atomic mass is 16.5. The predicted octanol–water partition coefficient (Wildman–Crippen LogP) is 0.363. The van der Waals surface area contributed by atoms with Gasteiger partial charge in [-0.15, -0.1) is 0 Å². The molecule has 1 amide bonds. The summed E-state index contributed by atoms with van der Waals surface area (Å²) in [6.45, 7) is 4.74. The zero-order chi connectivity index (χ0) is 10.4. The number of nitrogens with two attached hydrogens (primary N) is 1. The standard InChI is InChI=1S/C10H20N2O2/c1-2-6-12(7-5-11)10(13)9-4-3-8-14-9/h9H,2-8,11H2,1H3. The highest BCUT2D eigenvalue weighted by molar-refractivity contribution is 5.81. The molecule has 0 radical (unpaired) electrons. The largest absolute Gasteiger partial charge is 0.368 e. The van der Waals surface area contributed by atoms with Gasteiger partial charge in [-0.25, -0.2) is 0 Å². The van der Waals surface area contributed by atoms with E-state index in [1.54, 1.807) is 0 Å². The predicted molar refractivity (Wildman–Crippen MR) is 54.9 cm³/mol. The van der Waals surface area contributed by atoms with E-state index < -0.39 is 0 Å². The van der Waals surface area contributed by atoms with Crippen molar-refractivity contribution < 1.29 is 9.53 Å². The van der Waals surface area contributed by atoms with Crippen LogP contribution in [0.3, 0.4) is 0 Å². The molecule has 14 heavy (non-hydrogen) atoms. The second-order valence-corrected chi connectivity index (χ2v) is 3.62. The molecule has 0 aromatic heterocycles. The van der Waals surface area contributed by atoms with Gasteiger partial charge >= 0.3 is 0 Å². The lowest BCUT2D eigenvalue weighted by molar-refractivity contribution is -0.140. The van der Waals surface area contributed by atoms with Gasteiger partial charge in [-0.05, 0) is 19.3 Å². The van der Waals surface area contributed by atoms with Gasteiger partial charge < -0.3 is 15.4 Å². The maximum absolute atomic E-state index is 11.9. The average Bonchev–Trinajstić information content (AvgIpc) is 2.69. The summed E-state index contributed by atoms with van der Waals surface area (Å²) in [6.07, 6.45) is 2.63. The molecule has 0 aromatic carbocycles. The van der Waals surface area contributed by atoms with E-state index in [4.69, 9.17) is 10.5 Å². The Morgan fingerprint density at radius 3 is 2.86 bits per heavy atom. The minimum Gasteiger partial charge on any atom is -0.368 e. The van der Waals surface area contributed by atoms with Gasteiger partial charge in [-0.3, -0.25) is 4.79 Å². The van der Waals surface area contributed by atoms with E-state index in [1.165, 1.54) is 0 Å². The van der Waals surface area contributed by atoms with Crippen molar-refractivity contribution in [3.63, 3.8) is 0 Å². The molecule has 0 aliphatic carbocycles. The van der Waals surface area contributed by atoms with Gasteiger partial charge in [0, 0.05) is 26.2 Å². The molecule has 1 unspecified atom stereocenters. The van der Waals surface area contributed by atoms with Gasteiger partial charge in [0.25, 0.3) is 5.91 Å². The highest BCUT2D eigenvalue weighted by Crippen LogP contribution is 2.14. The number of rotatable bonds is 5. The zero-order valence-electron chi connectivity index (χ0n) is 8.87. The highest BCUT2D eigenvalue weighted by Gasteiger charge is 2.27. The summed E-state index contributed by atoms with van der Waals surface area (Å²) in [7, 11) is 0. The molecule has 1 heterocycles. The number of hydrogen-bond acceptors (Lipinski definition) is 3. The van der Waals surface area contributed by atoms with Crippen molar-refractivity contribution in [2.45, 2.75) is 32.3 Å². The fraction of sp³-hybridized carbons (Fsp3) is 0.900. The molecule has 1 aliphatic heterocycles. The van der Waals surface area contributed by atoms with E-state index in [-0.39, 0.29) is 12.0 Å². The lowest BCUT2D eigenvalue weighted by Crippen LogP contribution is -2.42. The van der Waals surface area contributed by atoms with Crippen LogP contribution in [0.2, 0.25) is 0 Å². The quantitative estimate of drug-likeness (QED) is 0.697. The number of carbonyl (C=O) groups excluding carboxylic acids is 1. The minimum absolute atomic E-state index is 0.120. The van der Waals surface area contributed by atoms with Crippen molar-refractivity contribution in [3.05, 3.63) is 0 Å². The van der Waals surface area contributed by atoms with Crippen molar-refractivity contribution in [2.24, 2.45) is 5.73 Å². The van der Waals surface area contributed by atoms with E-state index in [0.29, 0.717) is 13.1 Å². The topological polar surface area (TPSA) is 55.6 Å². The molecule has 1 rings (SSSR count). The van der Waals surface area contributed by atoms with Crippen molar-refractivity contribution >= 4 is 5.91 Å². The van der Waals surface area contributed by atoms with Gasteiger partial charge in [-0.2, -0.15) is 0 Å². The molecule has 82 valence electrons. The molecule has 1 fully saturated rings. The summed E-state index contributed by atoms with van der Waals surface area (Å²) in [5, 5.41) is 0. The molecule has 4 heteroatoms. The van der Waals surface area contributed by atoms with Crippen LogP contribution in [0.15, 0.2) is 0 Å². The molecule has 2 N–H and O–H groups in total. The van der Waals surface area contributed by atoms with Crippen LogP contribution in [0.4, 0.5) is 0 Å². The molecular weight excluding hydrogens is 180 g/mol. The van der Waals surface area contributed by atoms with Crippen LogP contribution in [0.1, 0.15) is 26.2 Å². The van der Waals surface area contributed by atoms with Gasteiger partial charge in [0.15, 0.2) is 0 Å². The second-order valence-electron chi connectivity index (χ2n) is 3.62. The third-order valence-corrected chi connectivity index (χ3v) is 2.41. The molecule has 0 spiro atoms. The summed E-state index contributed by atoms with van der Waals surface area (Å²) in [5.74, 6) is 0.120. The maximum atomic E-state index is 11.9. The number of ether oxygens (including phenoxy) is 1. The third kappa shape index (κ3) is 2.96. The second kappa shape index (κ2) is 5.98. The maximum Gasteiger partial charge on any atom is 0.251 e. The van der Waals surface area contributed by atoms with Crippen LogP contribution in [0, 0.1) is 0 Å². The first-order valence-corrected chi connectivity index (χ1v) is 5.40. The minimum atomic E-state index is -0.201. The molecular formula is C10H20N2O2. The van der Waals surface area contributed by atoms with E-state index in [0.717, 1.165) is 32.4 Å². The van der Waals surface area contributed by atoms with Crippen LogP contribution in [0.25, 0.3) is 0 Å². The Hall–Kier alpha value is -0.610. The lowest BCUT2D eigenvalue weighted by Gasteiger charge is -2.24. The normalized spacial score (nSPS) is 21.1. The van der Waals surface area contributed by atoms with E-state index in [2.05, 4.69) is 6.92 Å². The van der Waals surface area contributed by atoms with Crippen molar-refractivity contribution in [1.82, 2.24) is 4.90 Å². The number of nitrogens with zero attached hydrogens (tertiary/aromatic N) is 1. The summed E-state index contributed by atoms with van der Waals surface area (Å²) in [6, 6.07) is 0. The molecule has 4 nitrogen and oxygen atoms in total. The summed E-state index contributed by atoms with van der Waals surface area (Å²) >= 11 is 0. The fourth-order valence-electron chi connectivity index (χ4n) is 1.73. The van der Waals surface area contributed by atoms with Crippen molar-refractivity contribution in [1.29, 1.82) is 0 Å². The van der Waals surface area contributed by atoms with Crippen molar-refractivity contribution in [3.8, 4) is 0 Å². The monoisotopic (exact) mass is 200 g/mol. The average molecular weight is 200 g/mol. The summed E-state index contributed by atoms with van der Waals surface area (Å²) < 4.78 is 5.36. The number of carbonyl (C=O) groups is 1. The van der Waals surface area contributed by atoms with Gasteiger partial charge in [-0.1, -0.05) is 6.92 Å². The Bertz CT molecular complexity index is 173. The first-order chi connectivity index (χ1) is 6.79. The SMILES string of the molecule is CCCN(CCN)C(=O)C1CCCO1. The first kappa shape index (κ1) is 11.5. The van der Waals surface area contributed by atoms with Gasteiger partial charge in [0.05, 0.1) is 0 Å². The summed E-state index contributed by atoms with van der Waals surface area (Å²) in [4.78, 5) is 13.7. The van der Waals surface area contributed by atoms with E-state index in [9.17, 15) is 4.79 Å². The molecule has 1 saturated heterocycles. The van der Waals surface area contributed by atoms with Gasteiger partial charge in [0.2, 0.25) is 0 Å². The molecule has 1 atom stereocenters. The lowest BCUT2D eigenvalue weighted by atomic mass is 10.2. The van der Waals surface area contributed by atoms with Crippen LogP contribution in [0.5, 0.6) is 0 Å². The van der Waals surface area contributed by atoms with Crippen LogP contribution < -0.4 is 5.73 Å². The molecule has 0 saturated carbocycles. The van der Waals surface area contributed by atoms with E-state index in [1.807, 2.05) is 4.90 Å². The smallest absolute Gasteiger partial charge is 0.251 e. The first-order valence-electron chi connectivity index (χ1n) is 5.40. The zero-order valence-corrected chi connectivity index (χ0v) is 8.87. The van der Waals surface area contributed by atoms with Crippen LogP contribution in [-0.4, -0.2) is 43.2 Å². The van der Waals surface area contributed by atoms with Gasteiger partial charge in [0.1, 0.15) is 6.10 Å². The Morgan fingerprint density at radius 1 is 1.57 bits per heavy atom. The Balaban J connectivity index is 2.43. The molecule has 1 aliphatic rings. The number of amides is 1. The van der Waals surface area contributed by atoms with Crippen LogP contribution in [-0.2, 0) is 9.53 Å². The fourth-order valence-corrected chi connectivity index (χ4v) is 1.73. The van der Waals surface area contributed by atoms with E-state index >= 15 is 0 Å². The Labute approximate surface area is 85.4 Å². The van der Waals surface area contributed by atoms with Crippen LogP contribution >= 0.6 is 0 Å². The Morgan fingerprint density at radius 2 is 2.36 bits per heavy atom. The summed E-state index contributed by atoms with van der Waals surface area (Å²) in [5.41, 5.74) is 5.46. The number of hydrogen-bond donors (Lipinski definition) is 1. The molecule has 0 aromatic rings. The third-order valence-electron chi connectivity index (χ3n) is 2.41. The molecule has 0 bridgehead atoms. The Kier molecular flexibility index (Phi) is 4.90.